The van der Waals surface area contributed by atoms with Crippen LogP contribution in [0.1, 0.15) is 18.9 Å². The molecule has 0 aromatic heterocycles. The number of hydrogen-bond acceptors (Lipinski definition) is 3. The summed E-state index contributed by atoms with van der Waals surface area (Å²) >= 11 is 3.51. The molecule has 1 fully saturated rings. The summed E-state index contributed by atoms with van der Waals surface area (Å²) in [5.74, 6) is -0.0314. The number of carbonyl (C=O) groups excluding carboxylic acids is 1. The number of β-amino-alcohol motifs (C(OH)–C–C–N with tert-alkyl or cyclic N) is 1. The summed E-state index contributed by atoms with van der Waals surface area (Å²) in [5.41, 5.74) is 1.18. The van der Waals surface area contributed by atoms with E-state index in [1.54, 1.807) is 0 Å². The molecule has 1 aliphatic rings. The smallest absolute Gasteiger partial charge is 0.237 e. The van der Waals surface area contributed by atoms with E-state index in [1.165, 1.54) is 5.56 Å². The Kier molecular flexibility index (Phi) is 6.95. The fraction of sp³-hybridized carbons (Fsp3) is 0.500. The van der Waals surface area contributed by atoms with Crippen molar-refractivity contribution in [1.29, 1.82) is 0 Å². The fourth-order valence-corrected chi connectivity index (χ4v) is 2.75. The molecule has 4 nitrogen and oxygen atoms in total. The molecule has 3 atom stereocenters. The van der Waals surface area contributed by atoms with Gasteiger partial charge in [-0.25, -0.2) is 0 Å². The quantitative estimate of drug-likeness (QED) is 0.762. The van der Waals surface area contributed by atoms with Crippen LogP contribution in [0.2, 0.25) is 0 Å². The Morgan fingerprint density at radius 3 is 2.85 bits per heavy atom. The molecular formula is C14H20BrClN2O2. The molecule has 1 aliphatic heterocycles. The van der Waals surface area contributed by atoms with Gasteiger partial charge in [0.25, 0.3) is 0 Å². The van der Waals surface area contributed by atoms with Gasteiger partial charge in [-0.3, -0.25) is 4.79 Å². The van der Waals surface area contributed by atoms with Crippen LogP contribution in [0.25, 0.3) is 0 Å². The molecule has 1 aromatic rings. The summed E-state index contributed by atoms with van der Waals surface area (Å²) in [6.45, 7) is 2.49. The molecule has 0 spiro atoms. The summed E-state index contributed by atoms with van der Waals surface area (Å²) in [4.78, 5) is 12.0. The van der Waals surface area contributed by atoms with Crippen LogP contribution in [-0.4, -0.2) is 35.7 Å². The Morgan fingerprint density at radius 1 is 1.55 bits per heavy atom. The molecule has 0 aliphatic carbocycles. The van der Waals surface area contributed by atoms with Gasteiger partial charge in [-0.1, -0.05) is 34.1 Å². The lowest BCUT2D eigenvalue weighted by Gasteiger charge is -2.17. The second kappa shape index (κ2) is 7.98. The zero-order chi connectivity index (χ0) is 13.8. The summed E-state index contributed by atoms with van der Waals surface area (Å²) < 4.78 is 1.06. The number of hydrogen-bond donors (Lipinski definition) is 3. The lowest BCUT2D eigenvalue weighted by molar-refractivity contribution is -0.123. The maximum absolute atomic E-state index is 12.0. The van der Waals surface area contributed by atoms with Gasteiger partial charge in [-0.2, -0.15) is 0 Å². The second-order valence-electron chi connectivity index (χ2n) is 5.06. The first-order valence-corrected chi connectivity index (χ1v) is 7.31. The highest BCUT2D eigenvalue weighted by molar-refractivity contribution is 9.10. The first kappa shape index (κ1) is 17.4. The summed E-state index contributed by atoms with van der Waals surface area (Å²) in [5, 5.41) is 15.4. The van der Waals surface area contributed by atoms with Gasteiger partial charge in [0, 0.05) is 17.1 Å². The molecule has 6 heteroatoms. The molecule has 3 N–H and O–H groups in total. The molecule has 1 heterocycles. The molecule has 3 unspecified atom stereocenters. The Bertz CT molecular complexity index is 459. The molecule has 112 valence electrons. The van der Waals surface area contributed by atoms with Gasteiger partial charge in [0.1, 0.15) is 0 Å². The van der Waals surface area contributed by atoms with Gasteiger partial charge < -0.3 is 15.7 Å². The van der Waals surface area contributed by atoms with Crippen LogP contribution in [0.5, 0.6) is 0 Å². The third-order valence-corrected chi connectivity index (χ3v) is 4.07. The minimum Gasteiger partial charge on any atom is -0.392 e. The summed E-state index contributed by atoms with van der Waals surface area (Å²) in [7, 11) is 0. The number of rotatable bonds is 4. The van der Waals surface area contributed by atoms with Crippen LogP contribution in [0.4, 0.5) is 0 Å². The van der Waals surface area contributed by atoms with Crippen molar-refractivity contribution in [2.75, 3.05) is 6.54 Å². The first-order chi connectivity index (χ1) is 9.06. The fourth-order valence-electron chi connectivity index (χ4n) is 2.31. The summed E-state index contributed by atoms with van der Waals surface area (Å²) in [6.07, 6.45) is 0.866. The Balaban J connectivity index is 0.00000200. The Labute approximate surface area is 133 Å². The molecule has 1 amide bonds. The van der Waals surface area contributed by atoms with Crippen molar-refractivity contribution in [3.63, 3.8) is 0 Å². The van der Waals surface area contributed by atoms with Crippen molar-refractivity contribution in [3.05, 3.63) is 34.3 Å². The highest BCUT2D eigenvalue weighted by Crippen LogP contribution is 2.17. The molecule has 1 aromatic carbocycles. The zero-order valence-electron chi connectivity index (χ0n) is 11.3. The number of aliphatic hydroxyl groups is 1. The number of halogens is 2. The van der Waals surface area contributed by atoms with E-state index in [9.17, 15) is 9.90 Å². The Hall–Kier alpha value is -0.620. The van der Waals surface area contributed by atoms with Crippen molar-refractivity contribution in [1.82, 2.24) is 10.6 Å². The number of benzene rings is 1. The van der Waals surface area contributed by atoms with E-state index in [1.807, 2.05) is 31.2 Å². The largest absolute Gasteiger partial charge is 0.392 e. The summed E-state index contributed by atoms with van der Waals surface area (Å²) in [6, 6.07) is 7.80. The van der Waals surface area contributed by atoms with Crippen LogP contribution < -0.4 is 10.6 Å². The lowest BCUT2D eigenvalue weighted by Crippen LogP contribution is -2.44. The van der Waals surface area contributed by atoms with E-state index in [4.69, 9.17) is 0 Å². The number of nitrogens with one attached hydrogen (secondary N) is 2. The SMILES string of the molecule is CC(Cc1ccccc1Br)NC(=O)C1CC(O)CN1.Cl. The van der Waals surface area contributed by atoms with Crippen LogP contribution in [0, 0.1) is 0 Å². The van der Waals surface area contributed by atoms with Gasteiger partial charge in [0.15, 0.2) is 0 Å². The van der Waals surface area contributed by atoms with E-state index in [0.29, 0.717) is 13.0 Å². The second-order valence-corrected chi connectivity index (χ2v) is 5.91. The van der Waals surface area contributed by atoms with E-state index in [0.717, 1.165) is 10.9 Å². The van der Waals surface area contributed by atoms with Crippen molar-refractivity contribution < 1.29 is 9.90 Å². The maximum atomic E-state index is 12.0. The van der Waals surface area contributed by atoms with Crippen LogP contribution in [-0.2, 0) is 11.2 Å². The molecule has 2 rings (SSSR count). The molecular weight excluding hydrogens is 344 g/mol. The standard InChI is InChI=1S/C14H19BrN2O2.ClH/c1-9(6-10-4-2-3-5-12(10)15)17-14(19)13-7-11(18)8-16-13;/h2-5,9,11,13,16,18H,6-8H2,1H3,(H,17,19);1H. The average molecular weight is 364 g/mol. The minimum atomic E-state index is -0.408. The molecule has 0 bridgehead atoms. The third kappa shape index (κ3) is 4.74. The zero-order valence-corrected chi connectivity index (χ0v) is 13.7. The van der Waals surface area contributed by atoms with Gasteiger partial charge >= 0.3 is 0 Å². The molecule has 1 saturated heterocycles. The van der Waals surface area contributed by atoms with Gasteiger partial charge in [0.2, 0.25) is 5.91 Å². The van der Waals surface area contributed by atoms with Crippen molar-refractivity contribution >= 4 is 34.2 Å². The van der Waals surface area contributed by atoms with Gasteiger partial charge in [0.05, 0.1) is 12.1 Å². The van der Waals surface area contributed by atoms with Crippen molar-refractivity contribution in [3.8, 4) is 0 Å². The Morgan fingerprint density at radius 2 is 2.25 bits per heavy atom. The normalized spacial score (nSPS) is 22.9. The van der Waals surface area contributed by atoms with E-state index < -0.39 is 6.10 Å². The third-order valence-electron chi connectivity index (χ3n) is 3.30. The highest BCUT2D eigenvalue weighted by Gasteiger charge is 2.28. The average Bonchev–Trinajstić information content (AvgIpc) is 2.79. The monoisotopic (exact) mass is 362 g/mol. The van der Waals surface area contributed by atoms with Gasteiger partial charge in [-0.15, -0.1) is 12.4 Å². The predicted molar refractivity (Wildman–Crippen MR) is 85.1 cm³/mol. The van der Waals surface area contributed by atoms with Crippen molar-refractivity contribution in [2.45, 2.75) is 38.0 Å². The van der Waals surface area contributed by atoms with Gasteiger partial charge in [-0.05, 0) is 31.4 Å². The minimum absolute atomic E-state index is 0. The highest BCUT2D eigenvalue weighted by atomic mass is 79.9. The number of aliphatic hydroxyl groups excluding tert-OH is 1. The molecule has 0 saturated carbocycles. The maximum Gasteiger partial charge on any atom is 0.237 e. The molecule has 20 heavy (non-hydrogen) atoms. The molecule has 0 radical (unpaired) electrons. The van der Waals surface area contributed by atoms with Crippen molar-refractivity contribution in [2.24, 2.45) is 0 Å². The van der Waals surface area contributed by atoms with Crippen LogP contribution >= 0.6 is 28.3 Å². The van der Waals surface area contributed by atoms with E-state index in [-0.39, 0.29) is 30.4 Å². The lowest BCUT2D eigenvalue weighted by atomic mass is 10.1. The predicted octanol–water partition coefficient (Wildman–Crippen LogP) is 1.64. The van der Waals surface area contributed by atoms with Crippen LogP contribution in [0.15, 0.2) is 28.7 Å². The van der Waals surface area contributed by atoms with E-state index in [2.05, 4.69) is 26.6 Å². The van der Waals surface area contributed by atoms with E-state index >= 15 is 0 Å². The van der Waals surface area contributed by atoms with Crippen LogP contribution in [0.3, 0.4) is 0 Å². The number of amides is 1. The first-order valence-electron chi connectivity index (χ1n) is 6.51. The topological polar surface area (TPSA) is 61.4 Å². The number of carbonyl (C=O) groups is 1.